The van der Waals surface area contributed by atoms with Crippen molar-refractivity contribution in [3.05, 3.63) is 46.5 Å². The maximum absolute atomic E-state index is 12.2. The van der Waals surface area contributed by atoms with Crippen LogP contribution in [0.5, 0.6) is 0 Å². The Bertz CT molecular complexity index is 798. The lowest BCUT2D eigenvalue weighted by Crippen LogP contribution is -2.36. The van der Waals surface area contributed by atoms with Crippen LogP contribution in [0.15, 0.2) is 34.6 Å². The highest BCUT2D eigenvalue weighted by Gasteiger charge is 2.27. The van der Waals surface area contributed by atoms with E-state index in [1.165, 1.54) is 0 Å². The van der Waals surface area contributed by atoms with Crippen LogP contribution < -0.4 is 15.5 Å². The summed E-state index contributed by atoms with van der Waals surface area (Å²) in [6.45, 7) is 2.27. The SMILES string of the molecule is CCNC(=NCc1cccc(COCC(F)(F)F)c1)NCc1csc(N(C)C)n1.I. The fourth-order valence-corrected chi connectivity index (χ4v) is 3.13. The zero-order chi connectivity index (χ0) is 21.3. The highest BCUT2D eigenvalue weighted by Crippen LogP contribution is 2.18. The number of alkyl halides is 3. The van der Waals surface area contributed by atoms with Gasteiger partial charge < -0.3 is 20.3 Å². The molecule has 0 radical (unpaired) electrons. The summed E-state index contributed by atoms with van der Waals surface area (Å²) in [5.74, 6) is 0.644. The van der Waals surface area contributed by atoms with E-state index >= 15 is 0 Å². The standard InChI is InChI=1S/C19H26F3N5OS.HI/c1-4-23-17(25-10-16-12-29-18(26-16)27(2)3)24-9-14-6-5-7-15(8-14)11-28-13-19(20,21)22;/h5-8,12H,4,9-11,13H2,1-3H3,(H2,23,24,25);1H. The van der Waals surface area contributed by atoms with Crippen molar-refractivity contribution in [1.29, 1.82) is 0 Å². The highest BCUT2D eigenvalue weighted by atomic mass is 127. The molecule has 0 atom stereocenters. The molecule has 0 bridgehead atoms. The molecule has 1 aromatic heterocycles. The molecule has 0 aliphatic carbocycles. The molecule has 0 saturated heterocycles. The molecule has 2 rings (SSSR count). The van der Waals surface area contributed by atoms with Crippen molar-refractivity contribution < 1.29 is 17.9 Å². The lowest BCUT2D eigenvalue weighted by atomic mass is 10.1. The van der Waals surface area contributed by atoms with Crippen LogP contribution in [0.2, 0.25) is 0 Å². The van der Waals surface area contributed by atoms with Crippen molar-refractivity contribution in [2.45, 2.75) is 32.8 Å². The van der Waals surface area contributed by atoms with Crippen molar-refractivity contribution >= 4 is 46.4 Å². The molecule has 0 saturated carbocycles. The lowest BCUT2D eigenvalue weighted by molar-refractivity contribution is -0.176. The monoisotopic (exact) mass is 557 g/mol. The molecule has 0 spiro atoms. The average Bonchev–Trinajstić information content (AvgIpc) is 3.13. The van der Waals surface area contributed by atoms with Gasteiger partial charge in [-0.25, -0.2) is 9.98 Å². The van der Waals surface area contributed by atoms with Gasteiger partial charge in [0.1, 0.15) is 6.61 Å². The normalized spacial score (nSPS) is 11.7. The molecule has 1 aromatic carbocycles. The molecular formula is C19H27F3IN5OS. The Labute approximate surface area is 196 Å². The molecule has 168 valence electrons. The van der Waals surface area contributed by atoms with Gasteiger partial charge in [-0.15, -0.1) is 35.3 Å². The lowest BCUT2D eigenvalue weighted by Gasteiger charge is -2.11. The van der Waals surface area contributed by atoms with Crippen molar-refractivity contribution in [3.63, 3.8) is 0 Å². The molecule has 30 heavy (non-hydrogen) atoms. The number of aromatic nitrogens is 1. The molecule has 2 N–H and O–H groups in total. The summed E-state index contributed by atoms with van der Waals surface area (Å²) >= 11 is 1.57. The van der Waals surface area contributed by atoms with E-state index in [2.05, 4.69) is 20.6 Å². The molecular weight excluding hydrogens is 530 g/mol. The third-order valence-electron chi connectivity index (χ3n) is 3.65. The average molecular weight is 557 g/mol. The minimum atomic E-state index is -4.32. The fourth-order valence-electron chi connectivity index (χ4n) is 2.37. The molecule has 0 fully saturated rings. The third-order valence-corrected chi connectivity index (χ3v) is 4.71. The predicted octanol–water partition coefficient (Wildman–Crippen LogP) is 4.16. The van der Waals surface area contributed by atoms with Crippen LogP contribution in [0.4, 0.5) is 18.3 Å². The van der Waals surface area contributed by atoms with Crippen LogP contribution in [0.1, 0.15) is 23.7 Å². The van der Waals surface area contributed by atoms with Crippen LogP contribution >= 0.6 is 35.3 Å². The van der Waals surface area contributed by atoms with Crippen molar-refractivity contribution in [3.8, 4) is 0 Å². The Morgan fingerprint density at radius 1 is 1.23 bits per heavy atom. The topological polar surface area (TPSA) is 61.8 Å². The molecule has 6 nitrogen and oxygen atoms in total. The number of hydrogen-bond acceptors (Lipinski definition) is 5. The van der Waals surface area contributed by atoms with E-state index in [9.17, 15) is 13.2 Å². The first-order valence-corrected chi connectivity index (χ1v) is 10.0. The zero-order valence-electron chi connectivity index (χ0n) is 17.1. The van der Waals surface area contributed by atoms with Crippen molar-refractivity contribution in [1.82, 2.24) is 15.6 Å². The number of ether oxygens (including phenoxy) is 1. The van der Waals surface area contributed by atoms with Crippen LogP contribution in [0, 0.1) is 0 Å². The van der Waals surface area contributed by atoms with Gasteiger partial charge in [0.25, 0.3) is 0 Å². The van der Waals surface area contributed by atoms with Gasteiger partial charge in [0, 0.05) is 26.0 Å². The first-order chi connectivity index (χ1) is 13.8. The van der Waals surface area contributed by atoms with Gasteiger partial charge in [-0.3, -0.25) is 0 Å². The van der Waals surface area contributed by atoms with Gasteiger partial charge in [0.05, 0.1) is 25.4 Å². The first kappa shape index (κ1) is 26.4. The van der Waals surface area contributed by atoms with Gasteiger partial charge in [0.15, 0.2) is 11.1 Å². The second-order valence-electron chi connectivity index (χ2n) is 6.49. The number of guanidine groups is 1. The van der Waals surface area contributed by atoms with E-state index < -0.39 is 12.8 Å². The minimum Gasteiger partial charge on any atom is -0.367 e. The summed E-state index contributed by atoms with van der Waals surface area (Å²) in [4.78, 5) is 11.0. The number of halogens is 4. The zero-order valence-corrected chi connectivity index (χ0v) is 20.3. The fraction of sp³-hybridized carbons (Fsp3) is 0.474. The molecule has 2 aromatic rings. The maximum atomic E-state index is 12.2. The molecule has 0 amide bonds. The summed E-state index contributed by atoms with van der Waals surface area (Å²) in [5.41, 5.74) is 2.49. The summed E-state index contributed by atoms with van der Waals surface area (Å²) in [6.07, 6.45) is -4.32. The highest BCUT2D eigenvalue weighted by molar-refractivity contribution is 14.0. The molecule has 0 unspecified atom stereocenters. The van der Waals surface area contributed by atoms with Gasteiger partial charge in [-0.2, -0.15) is 13.2 Å². The second kappa shape index (κ2) is 13.0. The number of aliphatic imine (C=N–C) groups is 1. The van der Waals surface area contributed by atoms with E-state index in [-0.39, 0.29) is 30.6 Å². The van der Waals surface area contributed by atoms with E-state index in [4.69, 9.17) is 4.74 Å². The number of thiazole rings is 1. The number of nitrogens with zero attached hydrogens (tertiary/aromatic N) is 3. The summed E-state index contributed by atoms with van der Waals surface area (Å²) in [6, 6.07) is 7.20. The van der Waals surface area contributed by atoms with Crippen LogP contribution in [-0.2, 0) is 24.4 Å². The minimum absolute atomic E-state index is 0. The van der Waals surface area contributed by atoms with Gasteiger partial charge in [0.2, 0.25) is 0 Å². The Balaban J connectivity index is 0.00000450. The molecule has 1 heterocycles. The summed E-state index contributed by atoms with van der Waals surface area (Å²) in [7, 11) is 3.90. The van der Waals surface area contributed by atoms with Gasteiger partial charge in [-0.1, -0.05) is 24.3 Å². The van der Waals surface area contributed by atoms with E-state index in [1.807, 2.05) is 37.4 Å². The number of hydrogen-bond donors (Lipinski definition) is 2. The Hall–Kier alpha value is -1.60. The summed E-state index contributed by atoms with van der Waals surface area (Å²) in [5, 5.41) is 9.35. The van der Waals surface area contributed by atoms with Crippen LogP contribution in [0.25, 0.3) is 0 Å². The van der Waals surface area contributed by atoms with Crippen molar-refractivity contribution in [2.24, 2.45) is 4.99 Å². The molecule has 0 aliphatic rings. The smallest absolute Gasteiger partial charge is 0.367 e. The Kier molecular flexibility index (Phi) is 11.4. The molecule has 0 aliphatic heterocycles. The van der Waals surface area contributed by atoms with Crippen molar-refractivity contribution in [2.75, 3.05) is 32.1 Å². The number of benzene rings is 1. The largest absolute Gasteiger partial charge is 0.411 e. The third kappa shape index (κ3) is 9.94. The van der Waals surface area contributed by atoms with Gasteiger partial charge in [-0.05, 0) is 18.1 Å². The Morgan fingerprint density at radius 2 is 1.97 bits per heavy atom. The van der Waals surface area contributed by atoms with Crippen LogP contribution in [-0.4, -0.2) is 44.4 Å². The van der Waals surface area contributed by atoms with E-state index in [0.29, 0.717) is 31.2 Å². The maximum Gasteiger partial charge on any atom is 0.411 e. The number of nitrogens with one attached hydrogen (secondary N) is 2. The predicted molar refractivity (Wildman–Crippen MR) is 126 cm³/mol. The number of anilines is 1. The number of rotatable bonds is 9. The molecule has 11 heteroatoms. The van der Waals surface area contributed by atoms with Crippen LogP contribution in [0.3, 0.4) is 0 Å². The first-order valence-electron chi connectivity index (χ1n) is 9.13. The van der Waals surface area contributed by atoms with Gasteiger partial charge >= 0.3 is 6.18 Å². The second-order valence-corrected chi connectivity index (χ2v) is 7.33. The Morgan fingerprint density at radius 3 is 2.60 bits per heavy atom. The quantitative estimate of drug-likeness (QED) is 0.276. The van der Waals surface area contributed by atoms with E-state index in [0.717, 1.165) is 16.4 Å². The van der Waals surface area contributed by atoms with E-state index in [1.54, 1.807) is 29.5 Å². The summed E-state index contributed by atoms with van der Waals surface area (Å²) < 4.78 is 41.3.